The molecule has 25 heteroatoms. The summed E-state index contributed by atoms with van der Waals surface area (Å²) in [5.41, 5.74) is 6.58. The van der Waals surface area contributed by atoms with E-state index in [9.17, 15) is 48.3 Å². The molecule has 6 rings (SSSR count). The number of halogens is 2. The van der Waals surface area contributed by atoms with E-state index in [4.69, 9.17) is 45.8 Å². The minimum atomic E-state index is -1.90. The first-order valence-corrected chi connectivity index (χ1v) is 32.6. The summed E-state index contributed by atoms with van der Waals surface area (Å²) in [5.74, 6) is -5.01. The summed E-state index contributed by atoms with van der Waals surface area (Å²) in [7, 11) is 4.44. The third kappa shape index (κ3) is 19.7. The number of ketones is 2. The van der Waals surface area contributed by atoms with E-state index in [0.717, 1.165) is 16.7 Å². The molecule has 0 spiro atoms. The molecule has 0 radical (unpaired) electrons. The van der Waals surface area contributed by atoms with E-state index in [-0.39, 0.29) is 74.7 Å². The van der Waals surface area contributed by atoms with Gasteiger partial charge in [0.25, 0.3) is 5.91 Å². The third-order valence-corrected chi connectivity index (χ3v) is 18.7. The number of anilines is 2. The van der Waals surface area contributed by atoms with Crippen LogP contribution in [0.25, 0.3) is 0 Å². The number of rotatable bonds is 26. The minimum absolute atomic E-state index is 0.0520. The molecular weight excluding hydrogens is 1260 g/mol. The number of nitrogens with zero attached hydrogens (tertiary/aromatic N) is 3. The second-order valence-corrected chi connectivity index (χ2v) is 25.7. The zero-order chi connectivity index (χ0) is 67.1. The van der Waals surface area contributed by atoms with Crippen LogP contribution in [0.3, 0.4) is 0 Å². The predicted molar refractivity (Wildman–Crippen MR) is 346 cm³/mol. The average molecular weight is 1350 g/mol. The summed E-state index contributed by atoms with van der Waals surface area (Å²) < 4.78 is 35.1. The van der Waals surface area contributed by atoms with Crippen molar-refractivity contribution in [3.05, 3.63) is 93.6 Å². The number of Topliss-reactive ketones (excluding diaryl/α,β-unsaturated/α-hetero) is 2. The van der Waals surface area contributed by atoms with Crippen LogP contribution in [-0.4, -0.2) is 177 Å². The molecule has 10 atom stereocenters. The van der Waals surface area contributed by atoms with E-state index in [1.807, 2.05) is 50.8 Å². The average Bonchev–Trinajstić information content (AvgIpc) is 1.57. The summed E-state index contributed by atoms with van der Waals surface area (Å²) >= 11 is 10.1. The Balaban J connectivity index is 1.22. The molecule has 4 aliphatic rings. The lowest BCUT2D eigenvalue weighted by molar-refractivity contribution is -0.158. The standard InChI is InChI=1S/C66H91BrClN7O16/c1-38(2)48(34-47(76)18-13-12-14-26-88-61(81)41(5)37-67)59(79)71-49(19-16-23-70-63(69)83)52(77)33-45-21-22-46(32-50(45)75-24-27-87-28-25-75)60(80)73(9)43(7)62(82)90-55-35-56(78)74(10)51-31-44(30-40(4)57(51)68)29-39(3)17-15-20-54(86-11)66(85)36-53(89-64(84)72-66)42(6)58-65(55,8)91-58/h15,17,20-22,30-32,38,42-43,48-49,53-55,58,85H,5,12-14,16,18-19,23-29,33-37H2,1-4,6-11H3,(H,71,79)(H,72,84)(H3,69,70,83)/b20-15+,39-17+/t42-,43+,48+,49+,53+,54-,55+,58+,65+,66+/m1/s1. The van der Waals surface area contributed by atoms with Crippen LogP contribution < -0.4 is 31.5 Å². The number of primary amides is 1. The number of allylic oxidation sites excluding steroid dienone is 3. The van der Waals surface area contributed by atoms with Crippen LogP contribution in [0.5, 0.6) is 0 Å². The van der Waals surface area contributed by atoms with Crippen LogP contribution in [0.15, 0.2) is 66.3 Å². The van der Waals surface area contributed by atoms with Crippen molar-refractivity contribution in [1.82, 2.24) is 20.9 Å². The quantitative estimate of drug-likeness (QED) is 0.0154. The van der Waals surface area contributed by atoms with Crippen molar-refractivity contribution in [3.8, 4) is 0 Å². The predicted octanol–water partition coefficient (Wildman–Crippen LogP) is 7.30. The number of nitrogens with two attached hydrogens (primary N) is 1. The number of carbonyl (C=O) groups excluding carboxylic acids is 9. The van der Waals surface area contributed by atoms with Crippen molar-refractivity contribution in [2.24, 2.45) is 23.5 Å². The van der Waals surface area contributed by atoms with E-state index in [0.29, 0.717) is 84.9 Å². The van der Waals surface area contributed by atoms with Gasteiger partial charge in [-0.3, -0.25) is 29.3 Å². The number of esters is 2. The number of likely N-dealkylation sites (N-methyl/N-ethyl adjacent to an activating group) is 1. The van der Waals surface area contributed by atoms with Gasteiger partial charge in [0, 0.05) is 101 Å². The number of methoxy groups -OCH3 is 1. The number of urea groups is 1. The Bertz CT molecular complexity index is 3080. The summed E-state index contributed by atoms with van der Waals surface area (Å²) in [4.78, 5) is 127. The fraction of sp³-hybridized carbons (Fsp3) is 0.591. The lowest BCUT2D eigenvalue weighted by Crippen LogP contribution is -2.63. The highest BCUT2D eigenvalue weighted by molar-refractivity contribution is 9.09. The molecule has 0 aromatic heterocycles. The number of unbranched alkanes of at least 4 members (excludes halogenated alkanes) is 2. The Morgan fingerprint density at radius 2 is 1.74 bits per heavy atom. The number of carbonyl (C=O) groups is 9. The molecular formula is C66H91BrClN7O16. The Labute approximate surface area is 546 Å². The highest BCUT2D eigenvalue weighted by Gasteiger charge is 2.64. The lowest BCUT2D eigenvalue weighted by Gasteiger charge is -2.42. The van der Waals surface area contributed by atoms with Crippen LogP contribution in [-0.2, 0) is 70.0 Å². The van der Waals surface area contributed by atoms with E-state index < -0.39 is 108 Å². The molecule has 23 nitrogen and oxygen atoms in total. The van der Waals surface area contributed by atoms with Gasteiger partial charge in [0.05, 0.1) is 49.1 Å². The van der Waals surface area contributed by atoms with Gasteiger partial charge in [0.1, 0.15) is 35.7 Å². The molecule has 2 aromatic carbocycles. The fourth-order valence-corrected chi connectivity index (χ4v) is 12.2. The summed E-state index contributed by atoms with van der Waals surface area (Å²) in [6, 6.07) is 5.56. The molecule has 91 heavy (non-hydrogen) atoms. The van der Waals surface area contributed by atoms with Crippen molar-refractivity contribution in [2.45, 2.75) is 167 Å². The summed E-state index contributed by atoms with van der Waals surface area (Å²) in [5, 5.41) is 20.6. The van der Waals surface area contributed by atoms with E-state index in [1.165, 1.54) is 30.9 Å². The second-order valence-electron chi connectivity index (χ2n) is 24.8. The SMILES string of the molecule is C=C(CBr)C(=O)OCCCCCC(=O)C[C@H](C(=O)N[C@@H](CCCNC(N)=O)C(=O)Cc1ccc(C(=O)N(C)[C@@H](C)C(=O)O[C@H]2CC(=O)N(C)c3cc(cc(C)c3Cl)C/C(C)=C/C=C/[C@@H](OC)[C@@]3(O)C[C@H](OC(=O)N3)[C@@H](C)[C@@H]3O[C@@]23C)cc1N1CCOCC1)C(C)C. The number of nitrogens with one attached hydrogen (secondary N) is 3. The fourth-order valence-electron chi connectivity index (χ4n) is 11.7. The number of ether oxygens (including phenoxy) is 6. The Hall–Kier alpha value is -6.70. The summed E-state index contributed by atoms with van der Waals surface area (Å²) in [6.45, 7) is 17.9. The maximum absolute atomic E-state index is 14.7. The maximum atomic E-state index is 14.7. The van der Waals surface area contributed by atoms with Crippen molar-refractivity contribution in [2.75, 3.05) is 75.8 Å². The second kappa shape index (κ2) is 33.2. The van der Waals surface area contributed by atoms with Gasteiger partial charge >= 0.3 is 24.1 Å². The molecule has 0 aliphatic carbocycles. The number of hydrogen-bond acceptors (Lipinski definition) is 17. The number of epoxide rings is 1. The normalized spacial score (nSPS) is 24.6. The highest BCUT2D eigenvalue weighted by Crippen LogP contribution is 2.49. The van der Waals surface area contributed by atoms with Crippen LogP contribution >= 0.6 is 27.5 Å². The number of alkyl carbamates (subject to hydrolysis) is 1. The first-order chi connectivity index (χ1) is 43.0. The Morgan fingerprint density at radius 3 is 2.41 bits per heavy atom. The number of hydrogen-bond donors (Lipinski definition) is 5. The zero-order valence-corrected chi connectivity index (χ0v) is 56.3. The maximum Gasteiger partial charge on any atom is 0.409 e. The molecule has 3 fully saturated rings. The van der Waals surface area contributed by atoms with Crippen LogP contribution in [0.1, 0.15) is 126 Å². The third-order valence-electron chi connectivity index (χ3n) is 17.5. The van der Waals surface area contributed by atoms with Gasteiger partial charge < -0.3 is 64.6 Å². The van der Waals surface area contributed by atoms with E-state index >= 15 is 0 Å². The number of fused-ring (bicyclic) bond motifs is 5. The lowest BCUT2D eigenvalue weighted by atomic mass is 9.83. The number of aryl methyl sites for hydroxylation is 1. The van der Waals surface area contributed by atoms with Gasteiger partial charge in [-0.1, -0.05) is 90.8 Å². The molecule has 6 N–H and O–H groups in total. The van der Waals surface area contributed by atoms with Crippen molar-refractivity contribution in [3.63, 3.8) is 0 Å². The largest absolute Gasteiger partial charge is 0.462 e. The molecule has 4 aliphatic heterocycles. The van der Waals surface area contributed by atoms with Crippen molar-refractivity contribution in [1.29, 1.82) is 0 Å². The topological polar surface area (TPSA) is 304 Å². The molecule has 0 unspecified atom stereocenters. The van der Waals surface area contributed by atoms with E-state index in [2.05, 4.69) is 38.5 Å². The van der Waals surface area contributed by atoms with Crippen molar-refractivity contribution >= 4 is 92.3 Å². The molecule has 500 valence electrons. The Morgan fingerprint density at radius 1 is 1.02 bits per heavy atom. The number of amides is 6. The highest BCUT2D eigenvalue weighted by atomic mass is 79.9. The smallest absolute Gasteiger partial charge is 0.409 e. The zero-order valence-electron chi connectivity index (χ0n) is 54.0. The molecule has 6 amide bonds. The van der Waals surface area contributed by atoms with Gasteiger partial charge in [0.15, 0.2) is 11.5 Å². The van der Waals surface area contributed by atoms with Gasteiger partial charge in [-0.15, -0.1) is 0 Å². The minimum Gasteiger partial charge on any atom is -0.462 e. The number of benzene rings is 2. The van der Waals surface area contributed by atoms with Crippen LogP contribution in [0.2, 0.25) is 5.02 Å². The monoisotopic (exact) mass is 1350 g/mol. The van der Waals surface area contributed by atoms with Crippen LogP contribution in [0, 0.1) is 24.7 Å². The van der Waals surface area contributed by atoms with Gasteiger partial charge in [-0.05, 0) is 107 Å². The van der Waals surface area contributed by atoms with E-state index in [1.54, 1.807) is 51.2 Å². The number of morpholine rings is 1. The van der Waals surface area contributed by atoms with Gasteiger partial charge in [0.2, 0.25) is 11.8 Å². The number of alkyl halides is 1. The molecule has 2 aromatic rings. The van der Waals surface area contributed by atoms with Crippen molar-refractivity contribution < 1.29 is 76.7 Å². The van der Waals surface area contributed by atoms with Gasteiger partial charge in [-0.25, -0.2) is 19.2 Å². The summed E-state index contributed by atoms with van der Waals surface area (Å²) in [6.07, 6.45) is 2.42. The first-order valence-electron chi connectivity index (χ1n) is 31.1. The molecule has 4 heterocycles. The molecule has 3 saturated heterocycles. The Kier molecular flexibility index (Phi) is 26.8. The van der Waals surface area contributed by atoms with Gasteiger partial charge in [-0.2, -0.15) is 0 Å². The van der Waals surface area contributed by atoms with Crippen LogP contribution in [0.4, 0.5) is 21.0 Å². The number of aliphatic hydroxyl groups is 1. The molecule has 4 bridgehead atoms. The molecule has 0 saturated carbocycles. The first kappa shape index (κ1) is 73.4.